The number of benzene rings is 1. The van der Waals surface area contributed by atoms with Gasteiger partial charge in [0.05, 0.1) is 5.69 Å². The van der Waals surface area contributed by atoms with Gasteiger partial charge < -0.3 is 5.73 Å². The van der Waals surface area contributed by atoms with Crippen molar-refractivity contribution in [3.8, 4) is 11.1 Å². The number of nitrogens with zero attached hydrogens (tertiary/aromatic N) is 1. The zero-order valence-corrected chi connectivity index (χ0v) is 8.77. The molecule has 2 N–H and O–H groups in total. The van der Waals surface area contributed by atoms with E-state index in [0.29, 0.717) is 6.54 Å². The molecule has 0 saturated heterocycles. The SMILES string of the molecule is Cc1cccc(-c2cccnc2CN)c1. The Hall–Kier alpha value is -1.67. The molecule has 1 heterocycles. The van der Waals surface area contributed by atoms with Crippen LogP contribution in [-0.4, -0.2) is 4.98 Å². The van der Waals surface area contributed by atoms with E-state index < -0.39 is 0 Å². The number of pyridine rings is 1. The molecule has 0 aliphatic carbocycles. The van der Waals surface area contributed by atoms with Crippen molar-refractivity contribution in [2.75, 3.05) is 0 Å². The smallest absolute Gasteiger partial charge is 0.0617 e. The van der Waals surface area contributed by atoms with Gasteiger partial charge in [-0.25, -0.2) is 0 Å². The zero-order valence-electron chi connectivity index (χ0n) is 8.77. The maximum absolute atomic E-state index is 5.66. The first-order chi connectivity index (χ1) is 7.31. The van der Waals surface area contributed by atoms with Crippen LogP contribution in [0.15, 0.2) is 42.6 Å². The highest BCUT2D eigenvalue weighted by Crippen LogP contribution is 2.22. The number of rotatable bonds is 2. The van der Waals surface area contributed by atoms with E-state index in [1.165, 1.54) is 11.1 Å². The van der Waals surface area contributed by atoms with Crippen molar-refractivity contribution in [2.45, 2.75) is 13.5 Å². The molecule has 76 valence electrons. The Morgan fingerprint density at radius 1 is 1.20 bits per heavy atom. The average molecular weight is 198 g/mol. The highest BCUT2D eigenvalue weighted by molar-refractivity contribution is 5.66. The summed E-state index contributed by atoms with van der Waals surface area (Å²) >= 11 is 0. The van der Waals surface area contributed by atoms with Crippen LogP contribution in [0.2, 0.25) is 0 Å². The maximum Gasteiger partial charge on any atom is 0.0617 e. The van der Waals surface area contributed by atoms with Gasteiger partial charge in [-0.15, -0.1) is 0 Å². The number of hydrogen-bond acceptors (Lipinski definition) is 2. The van der Waals surface area contributed by atoms with Crippen molar-refractivity contribution >= 4 is 0 Å². The molecular weight excluding hydrogens is 184 g/mol. The molecule has 2 nitrogen and oxygen atoms in total. The molecule has 2 heteroatoms. The number of hydrogen-bond donors (Lipinski definition) is 1. The van der Waals surface area contributed by atoms with Crippen molar-refractivity contribution in [3.63, 3.8) is 0 Å². The van der Waals surface area contributed by atoms with E-state index in [2.05, 4.69) is 42.2 Å². The lowest BCUT2D eigenvalue weighted by atomic mass is 10.0. The summed E-state index contributed by atoms with van der Waals surface area (Å²) in [7, 11) is 0. The predicted molar refractivity (Wildman–Crippen MR) is 62.3 cm³/mol. The Labute approximate surface area is 89.8 Å². The van der Waals surface area contributed by atoms with Crippen molar-refractivity contribution in [2.24, 2.45) is 5.73 Å². The first-order valence-electron chi connectivity index (χ1n) is 5.02. The van der Waals surface area contributed by atoms with E-state index >= 15 is 0 Å². The Kier molecular flexibility index (Phi) is 2.79. The lowest BCUT2D eigenvalue weighted by molar-refractivity contribution is 0.994. The summed E-state index contributed by atoms with van der Waals surface area (Å²) in [4.78, 5) is 4.28. The number of aryl methyl sites for hydroxylation is 1. The normalized spacial score (nSPS) is 10.3. The van der Waals surface area contributed by atoms with E-state index in [1.54, 1.807) is 6.20 Å². The van der Waals surface area contributed by atoms with Gasteiger partial charge >= 0.3 is 0 Å². The number of aromatic nitrogens is 1. The topological polar surface area (TPSA) is 38.9 Å². The van der Waals surface area contributed by atoms with Gasteiger partial charge in [0.2, 0.25) is 0 Å². The van der Waals surface area contributed by atoms with E-state index in [9.17, 15) is 0 Å². The third-order valence-electron chi connectivity index (χ3n) is 2.41. The molecule has 1 aromatic heterocycles. The van der Waals surface area contributed by atoms with Crippen LogP contribution in [0.5, 0.6) is 0 Å². The van der Waals surface area contributed by atoms with Gasteiger partial charge in [-0.2, -0.15) is 0 Å². The van der Waals surface area contributed by atoms with E-state index in [0.717, 1.165) is 11.3 Å². The minimum atomic E-state index is 0.476. The predicted octanol–water partition coefficient (Wildman–Crippen LogP) is 2.52. The molecular formula is C13H14N2. The van der Waals surface area contributed by atoms with Gasteiger partial charge in [-0.3, -0.25) is 4.98 Å². The molecule has 0 spiro atoms. The van der Waals surface area contributed by atoms with E-state index in [4.69, 9.17) is 5.73 Å². The van der Waals surface area contributed by atoms with Gasteiger partial charge in [0.15, 0.2) is 0 Å². The molecule has 0 aliphatic rings. The first kappa shape index (κ1) is 9.87. The fraction of sp³-hybridized carbons (Fsp3) is 0.154. The highest BCUT2D eigenvalue weighted by atomic mass is 14.7. The van der Waals surface area contributed by atoms with Crippen molar-refractivity contribution in [1.82, 2.24) is 4.98 Å². The quantitative estimate of drug-likeness (QED) is 0.805. The second kappa shape index (κ2) is 4.24. The lowest BCUT2D eigenvalue weighted by Gasteiger charge is -2.07. The van der Waals surface area contributed by atoms with Crippen LogP contribution in [0.1, 0.15) is 11.3 Å². The molecule has 0 amide bonds. The van der Waals surface area contributed by atoms with E-state index in [1.807, 2.05) is 6.07 Å². The molecule has 0 bridgehead atoms. The van der Waals surface area contributed by atoms with Crippen molar-refractivity contribution in [1.29, 1.82) is 0 Å². The monoisotopic (exact) mass is 198 g/mol. The van der Waals surface area contributed by atoms with Gasteiger partial charge in [0.25, 0.3) is 0 Å². The molecule has 0 unspecified atom stereocenters. The molecule has 1 aromatic carbocycles. The fourth-order valence-electron chi connectivity index (χ4n) is 1.68. The largest absolute Gasteiger partial charge is 0.325 e. The van der Waals surface area contributed by atoms with Crippen LogP contribution in [0.4, 0.5) is 0 Å². The molecule has 0 atom stereocenters. The second-order valence-corrected chi connectivity index (χ2v) is 3.57. The van der Waals surface area contributed by atoms with Gasteiger partial charge in [0, 0.05) is 18.3 Å². The Morgan fingerprint density at radius 3 is 2.80 bits per heavy atom. The third-order valence-corrected chi connectivity index (χ3v) is 2.41. The van der Waals surface area contributed by atoms with Crippen molar-refractivity contribution in [3.05, 3.63) is 53.9 Å². The van der Waals surface area contributed by atoms with Gasteiger partial charge in [-0.1, -0.05) is 35.9 Å². The minimum absolute atomic E-state index is 0.476. The summed E-state index contributed by atoms with van der Waals surface area (Å²) in [6.45, 7) is 2.56. The molecule has 2 aromatic rings. The van der Waals surface area contributed by atoms with Crippen LogP contribution in [0.3, 0.4) is 0 Å². The summed E-state index contributed by atoms with van der Waals surface area (Å²) < 4.78 is 0. The molecule has 15 heavy (non-hydrogen) atoms. The summed E-state index contributed by atoms with van der Waals surface area (Å²) in [6.07, 6.45) is 1.78. The van der Waals surface area contributed by atoms with Gasteiger partial charge in [-0.05, 0) is 18.6 Å². The van der Waals surface area contributed by atoms with Gasteiger partial charge in [0.1, 0.15) is 0 Å². The summed E-state index contributed by atoms with van der Waals surface area (Å²) in [5.74, 6) is 0. The molecule has 2 rings (SSSR count). The molecule has 0 fully saturated rings. The second-order valence-electron chi connectivity index (χ2n) is 3.57. The van der Waals surface area contributed by atoms with Crippen LogP contribution < -0.4 is 5.73 Å². The van der Waals surface area contributed by atoms with Crippen LogP contribution in [0, 0.1) is 6.92 Å². The lowest BCUT2D eigenvalue weighted by Crippen LogP contribution is -2.01. The standard InChI is InChI=1S/C13H14N2/c1-10-4-2-5-11(8-10)12-6-3-7-15-13(12)9-14/h2-8H,9,14H2,1H3. The minimum Gasteiger partial charge on any atom is -0.325 e. The summed E-state index contributed by atoms with van der Waals surface area (Å²) in [6, 6.07) is 12.4. The molecule has 0 saturated carbocycles. The highest BCUT2D eigenvalue weighted by Gasteiger charge is 2.03. The Bertz CT molecular complexity index is 464. The zero-order chi connectivity index (χ0) is 10.7. The fourth-order valence-corrected chi connectivity index (χ4v) is 1.68. The average Bonchev–Trinajstić information content (AvgIpc) is 2.29. The number of nitrogens with two attached hydrogens (primary N) is 1. The third kappa shape index (κ3) is 2.05. The Morgan fingerprint density at radius 2 is 2.07 bits per heavy atom. The Balaban J connectivity index is 2.53. The first-order valence-corrected chi connectivity index (χ1v) is 5.02. The molecule has 0 aliphatic heterocycles. The van der Waals surface area contributed by atoms with E-state index in [-0.39, 0.29) is 0 Å². The van der Waals surface area contributed by atoms with Crippen LogP contribution >= 0.6 is 0 Å². The van der Waals surface area contributed by atoms with Crippen LogP contribution in [0.25, 0.3) is 11.1 Å². The van der Waals surface area contributed by atoms with Crippen molar-refractivity contribution < 1.29 is 0 Å². The summed E-state index contributed by atoms with van der Waals surface area (Å²) in [5, 5.41) is 0. The van der Waals surface area contributed by atoms with Crippen LogP contribution in [-0.2, 0) is 6.54 Å². The maximum atomic E-state index is 5.66. The summed E-state index contributed by atoms with van der Waals surface area (Å²) in [5.41, 5.74) is 10.2. The molecule has 0 radical (unpaired) electrons.